The van der Waals surface area contributed by atoms with Gasteiger partial charge in [-0.1, -0.05) is 18.2 Å². The van der Waals surface area contributed by atoms with E-state index in [2.05, 4.69) is 4.98 Å². The van der Waals surface area contributed by atoms with Crippen LogP contribution in [-0.4, -0.2) is 53.3 Å². The molecule has 7 heteroatoms. The lowest BCUT2D eigenvalue weighted by atomic mass is 10.0. The van der Waals surface area contributed by atoms with Gasteiger partial charge < -0.3 is 10.0 Å². The number of fused-ring (bicyclic) bond motifs is 1. The molecular formula is C19H20N4O3. The third-order valence-corrected chi connectivity index (χ3v) is 5.09. The molecule has 1 N–H and O–H groups in total. The minimum absolute atomic E-state index is 0.0612. The molecule has 3 amide bonds. The topological polar surface area (TPSA) is 77.0 Å². The first-order valence-electron chi connectivity index (χ1n) is 8.71. The number of rotatable bonds is 1. The van der Waals surface area contributed by atoms with Crippen molar-refractivity contribution in [3.05, 3.63) is 54.4 Å². The average molecular weight is 352 g/mol. The number of carbonyl (C=O) groups is 2. The molecule has 7 nitrogen and oxygen atoms in total. The molecule has 3 heterocycles. The van der Waals surface area contributed by atoms with E-state index < -0.39 is 6.09 Å². The second-order valence-electron chi connectivity index (χ2n) is 6.58. The number of para-hydroxylation sites is 2. The Morgan fingerprint density at radius 3 is 2.42 bits per heavy atom. The molecular weight excluding hydrogens is 332 g/mol. The molecule has 2 aliphatic heterocycles. The van der Waals surface area contributed by atoms with Crippen molar-refractivity contribution >= 4 is 23.5 Å². The van der Waals surface area contributed by atoms with Gasteiger partial charge in [0.15, 0.2) is 0 Å². The Labute approximate surface area is 151 Å². The number of carbonyl (C=O) groups excluding carboxylic acids is 1. The fourth-order valence-electron chi connectivity index (χ4n) is 3.75. The molecule has 134 valence electrons. The molecule has 2 aliphatic rings. The maximum atomic E-state index is 13.1. The van der Waals surface area contributed by atoms with Crippen molar-refractivity contribution in [3.63, 3.8) is 0 Å². The number of hydrogen-bond donors (Lipinski definition) is 1. The van der Waals surface area contributed by atoms with Crippen LogP contribution >= 0.6 is 0 Å². The summed E-state index contributed by atoms with van der Waals surface area (Å²) in [7, 11) is 0. The first-order valence-corrected chi connectivity index (χ1v) is 8.71. The Kier molecular flexibility index (Phi) is 4.20. The maximum absolute atomic E-state index is 13.1. The molecule has 0 spiro atoms. The molecule has 0 radical (unpaired) electrons. The quantitative estimate of drug-likeness (QED) is 0.856. The lowest BCUT2D eigenvalue weighted by molar-refractivity contribution is 0.200. The largest absolute Gasteiger partial charge is 0.465 e. The monoisotopic (exact) mass is 352 g/mol. The summed E-state index contributed by atoms with van der Waals surface area (Å²) in [6.45, 7) is 1.99. The zero-order chi connectivity index (χ0) is 18.1. The Hall–Kier alpha value is -3.09. The smallest absolute Gasteiger partial charge is 0.411 e. The average Bonchev–Trinajstić information content (AvgIpc) is 3.17. The number of nitrogens with zero attached hydrogens (tertiary/aromatic N) is 4. The van der Waals surface area contributed by atoms with Crippen molar-refractivity contribution in [1.29, 1.82) is 0 Å². The Morgan fingerprint density at radius 1 is 1.00 bits per heavy atom. The summed E-state index contributed by atoms with van der Waals surface area (Å²) < 4.78 is 0. The Balaban J connectivity index is 1.54. The van der Waals surface area contributed by atoms with E-state index in [0.29, 0.717) is 36.9 Å². The second-order valence-corrected chi connectivity index (χ2v) is 6.58. The van der Waals surface area contributed by atoms with Crippen molar-refractivity contribution in [2.24, 2.45) is 0 Å². The van der Waals surface area contributed by atoms with Gasteiger partial charge in [0.1, 0.15) is 0 Å². The van der Waals surface area contributed by atoms with Gasteiger partial charge in [0.2, 0.25) is 0 Å². The maximum Gasteiger partial charge on any atom is 0.411 e. The van der Waals surface area contributed by atoms with E-state index in [4.69, 9.17) is 0 Å². The molecule has 0 aliphatic carbocycles. The van der Waals surface area contributed by atoms with Crippen LogP contribution in [0.2, 0.25) is 0 Å². The number of carboxylic acid groups (broad SMARTS) is 1. The number of amides is 3. The van der Waals surface area contributed by atoms with Gasteiger partial charge in [0, 0.05) is 44.5 Å². The highest BCUT2D eigenvalue weighted by molar-refractivity contribution is 6.01. The predicted molar refractivity (Wildman–Crippen MR) is 97.7 cm³/mol. The molecule has 1 aromatic heterocycles. The number of pyridine rings is 1. The summed E-state index contributed by atoms with van der Waals surface area (Å²) in [5.41, 5.74) is 2.36. The SMILES string of the molecule is O=C(O)N1CCN(C(=O)N2CCC(c3cccnc3)C2)c2ccccc21. The Bertz CT molecular complexity index is 827. The summed E-state index contributed by atoms with van der Waals surface area (Å²) >= 11 is 0. The number of hydrogen-bond acceptors (Lipinski definition) is 3. The zero-order valence-corrected chi connectivity index (χ0v) is 14.3. The highest BCUT2D eigenvalue weighted by Gasteiger charge is 2.35. The van der Waals surface area contributed by atoms with Crippen LogP contribution in [0.1, 0.15) is 17.9 Å². The van der Waals surface area contributed by atoms with Crippen LogP contribution in [0.15, 0.2) is 48.8 Å². The molecule has 1 fully saturated rings. The van der Waals surface area contributed by atoms with Gasteiger partial charge in [-0.15, -0.1) is 0 Å². The van der Waals surface area contributed by atoms with E-state index in [-0.39, 0.29) is 12.6 Å². The van der Waals surface area contributed by atoms with Gasteiger partial charge in [0.05, 0.1) is 11.4 Å². The fraction of sp³-hybridized carbons (Fsp3) is 0.316. The molecule has 0 bridgehead atoms. The highest BCUT2D eigenvalue weighted by atomic mass is 16.4. The van der Waals surface area contributed by atoms with E-state index in [0.717, 1.165) is 12.0 Å². The van der Waals surface area contributed by atoms with Crippen molar-refractivity contribution in [1.82, 2.24) is 9.88 Å². The minimum atomic E-state index is -0.998. The molecule has 26 heavy (non-hydrogen) atoms. The molecule has 1 aromatic carbocycles. The van der Waals surface area contributed by atoms with Crippen LogP contribution in [0.4, 0.5) is 21.0 Å². The first kappa shape index (κ1) is 16.4. The molecule has 0 saturated carbocycles. The number of likely N-dealkylation sites (tertiary alicyclic amines) is 1. The van der Waals surface area contributed by atoms with E-state index in [1.54, 1.807) is 29.3 Å². The zero-order valence-electron chi connectivity index (χ0n) is 14.3. The van der Waals surface area contributed by atoms with E-state index in [9.17, 15) is 14.7 Å². The van der Waals surface area contributed by atoms with Crippen LogP contribution in [0.5, 0.6) is 0 Å². The molecule has 1 saturated heterocycles. The van der Waals surface area contributed by atoms with Gasteiger partial charge in [0.25, 0.3) is 0 Å². The number of anilines is 2. The van der Waals surface area contributed by atoms with Gasteiger partial charge >= 0.3 is 12.1 Å². The molecule has 2 aromatic rings. The summed E-state index contributed by atoms with van der Waals surface area (Å²) in [4.78, 5) is 33.6. The first-order chi connectivity index (χ1) is 12.6. The van der Waals surface area contributed by atoms with Crippen LogP contribution < -0.4 is 9.80 Å². The number of benzene rings is 1. The van der Waals surface area contributed by atoms with Gasteiger partial charge in [-0.3, -0.25) is 14.8 Å². The van der Waals surface area contributed by atoms with Gasteiger partial charge in [-0.05, 0) is 30.2 Å². The third-order valence-electron chi connectivity index (χ3n) is 5.09. The highest BCUT2D eigenvalue weighted by Crippen LogP contribution is 2.35. The lowest BCUT2D eigenvalue weighted by Crippen LogP contribution is -2.50. The van der Waals surface area contributed by atoms with Crippen LogP contribution in [0.25, 0.3) is 0 Å². The minimum Gasteiger partial charge on any atom is -0.465 e. The van der Waals surface area contributed by atoms with Crippen molar-refractivity contribution in [3.8, 4) is 0 Å². The van der Waals surface area contributed by atoms with Crippen molar-refractivity contribution < 1.29 is 14.7 Å². The standard InChI is InChI=1S/C19H20N4O3/c24-18(21-9-7-15(13-21)14-4-3-8-20-12-14)22-10-11-23(19(25)26)17-6-2-1-5-16(17)22/h1-6,8,12,15H,7,9-11,13H2,(H,25,26). The van der Waals surface area contributed by atoms with Crippen LogP contribution in [0, 0.1) is 0 Å². The number of aromatic nitrogens is 1. The van der Waals surface area contributed by atoms with Crippen LogP contribution in [0.3, 0.4) is 0 Å². The van der Waals surface area contributed by atoms with E-state index >= 15 is 0 Å². The van der Waals surface area contributed by atoms with E-state index in [1.807, 2.05) is 29.3 Å². The molecule has 1 atom stereocenters. The summed E-state index contributed by atoms with van der Waals surface area (Å²) in [6, 6.07) is 11.1. The van der Waals surface area contributed by atoms with Crippen LogP contribution in [-0.2, 0) is 0 Å². The third kappa shape index (κ3) is 2.85. The molecule has 4 rings (SSSR count). The van der Waals surface area contributed by atoms with Gasteiger partial charge in [-0.25, -0.2) is 9.59 Å². The van der Waals surface area contributed by atoms with Crippen molar-refractivity contribution in [2.45, 2.75) is 12.3 Å². The lowest BCUT2D eigenvalue weighted by Gasteiger charge is -2.36. The summed E-state index contributed by atoms with van der Waals surface area (Å²) in [5.74, 6) is 0.295. The predicted octanol–water partition coefficient (Wildman–Crippen LogP) is 3.00. The summed E-state index contributed by atoms with van der Waals surface area (Å²) in [6.07, 6.45) is 3.52. The second kappa shape index (κ2) is 6.67. The normalized spacial score (nSPS) is 19.4. The fourth-order valence-corrected chi connectivity index (χ4v) is 3.75. The van der Waals surface area contributed by atoms with E-state index in [1.165, 1.54) is 4.90 Å². The molecule has 1 unspecified atom stereocenters. The van der Waals surface area contributed by atoms with Crippen molar-refractivity contribution in [2.75, 3.05) is 36.0 Å². The van der Waals surface area contributed by atoms with Gasteiger partial charge in [-0.2, -0.15) is 0 Å². The number of urea groups is 1. The summed E-state index contributed by atoms with van der Waals surface area (Å²) in [5, 5.41) is 9.39. The Morgan fingerprint density at radius 2 is 1.73 bits per heavy atom.